The van der Waals surface area contributed by atoms with E-state index in [-0.39, 0.29) is 24.0 Å². The van der Waals surface area contributed by atoms with Crippen LogP contribution in [-0.4, -0.2) is 42.4 Å². The quantitative estimate of drug-likeness (QED) is 0.553. The van der Waals surface area contributed by atoms with Gasteiger partial charge in [-0.2, -0.15) is 0 Å². The van der Waals surface area contributed by atoms with Crippen molar-refractivity contribution in [3.05, 3.63) is 0 Å². The zero-order valence-electron chi connectivity index (χ0n) is 8.23. The van der Waals surface area contributed by atoms with Gasteiger partial charge in [-0.3, -0.25) is 4.79 Å². The molecule has 15 heavy (non-hydrogen) atoms. The van der Waals surface area contributed by atoms with E-state index in [1.165, 1.54) is 0 Å². The van der Waals surface area contributed by atoms with Gasteiger partial charge < -0.3 is 20.5 Å². The van der Waals surface area contributed by atoms with Crippen LogP contribution in [-0.2, 0) is 9.53 Å². The fraction of sp³-hybridized carbons (Fsp3) is 0.778. The zero-order valence-corrected chi connectivity index (χ0v) is 8.23. The van der Waals surface area contributed by atoms with E-state index in [4.69, 9.17) is 9.84 Å². The van der Waals surface area contributed by atoms with Gasteiger partial charge in [-0.1, -0.05) is 0 Å². The number of hydrogen-bond acceptors (Lipinski definition) is 3. The molecule has 0 spiro atoms. The summed E-state index contributed by atoms with van der Waals surface area (Å²) in [6.45, 7) is 1.27. The molecule has 2 aliphatic heterocycles. The first kappa shape index (κ1) is 10.2. The summed E-state index contributed by atoms with van der Waals surface area (Å²) in [6, 6.07) is -0.253. The fourth-order valence-electron chi connectivity index (χ4n) is 1.93. The second-order valence-electron chi connectivity index (χ2n) is 3.94. The lowest BCUT2D eigenvalue weighted by Gasteiger charge is -2.16. The second kappa shape index (κ2) is 4.06. The van der Waals surface area contributed by atoms with E-state index in [0.29, 0.717) is 19.6 Å². The summed E-state index contributed by atoms with van der Waals surface area (Å²) in [4.78, 5) is 21.8. The molecule has 0 aromatic heterocycles. The molecule has 3 N–H and O–H groups in total. The number of epoxide rings is 1. The number of ether oxygens (including phenoxy) is 1. The van der Waals surface area contributed by atoms with Gasteiger partial charge in [0.15, 0.2) is 0 Å². The molecule has 2 amide bonds. The van der Waals surface area contributed by atoms with Gasteiger partial charge in [0.1, 0.15) is 6.10 Å². The Bertz CT molecular complexity index is 277. The first-order valence-corrected chi connectivity index (χ1v) is 5.05. The molecule has 0 aromatic carbocycles. The van der Waals surface area contributed by atoms with Gasteiger partial charge in [0, 0.05) is 12.5 Å². The Labute approximate surface area is 87.0 Å². The maximum Gasteiger partial charge on any atom is 0.404 e. The lowest BCUT2D eigenvalue weighted by atomic mass is 9.97. The number of rotatable bonds is 4. The molecule has 84 valence electrons. The Morgan fingerprint density at radius 2 is 2.47 bits per heavy atom. The maximum atomic E-state index is 11.3. The molecule has 2 aliphatic rings. The van der Waals surface area contributed by atoms with Crippen molar-refractivity contribution in [2.24, 2.45) is 5.92 Å². The zero-order chi connectivity index (χ0) is 10.8. The van der Waals surface area contributed by atoms with Crippen molar-refractivity contribution in [3.8, 4) is 0 Å². The van der Waals surface area contributed by atoms with Crippen molar-refractivity contribution in [2.45, 2.75) is 25.0 Å². The molecule has 2 heterocycles. The molecule has 3 atom stereocenters. The monoisotopic (exact) mass is 214 g/mol. The summed E-state index contributed by atoms with van der Waals surface area (Å²) in [5.41, 5.74) is 0. The van der Waals surface area contributed by atoms with E-state index in [2.05, 4.69) is 10.6 Å². The molecule has 2 rings (SSSR count). The number of carbonyl (C=O) groups is 2. The van der Waals surface area contributed by atoms with Gasteiger partial charge in [0.2, 0.25) is 5.91 Å². The van der Waals surface area contributed by atoms with Gasteiger partial charge in [-0.05, 0) is 12.8 Å². The molecule has 0 bridgehead atoms. The van der Waals surface area contributed by atoms with Crippen LogP contribution in [0.25, 0.3) is 0 Å². The fourth-order valence-corrected chi connectivity index (χ4v) is 1.93. The van der Waals surface area contributed by atoms with Crippen LogP contribution in [0.3, 0.4) is 0 Å². The highest BCUT2D eigenvalue weighted by atomic mass is 16.6. The first-order valence-electron chi connectivity index (χ1n) is 5.05. The Hall–Kier alpha value is -1.30. The number of carbonyl (C=O) groups excluding carboxylic acids is 1. The van der Waals surface area contributed by atoms with Gasteiger partial charge >= 0.3 is 6.09 Å². The average Bonchev–Trinajstić information content (AvgIpc) is 2.92. The second-order valence-corrected chi connectivity index (χ2v) is 3.94. The average molecular weight is 214 g/mol. The number of hydrogen-bond donors (Lipinski definition) is 3. The van der Waals surface area contributed by atoms with Crippen LogP contribution in [0.2, 0.25) is 0 Å². The van der Waals surface area contributed by atoms with E-state index in [1.807, 2.05) is 0 Å². The lowest BCUT2D eigenvalue weighted by molar-refractivity contribution is -0.122. The van der Waals surface area contributed by atoms with Crippen molar-refractivity contribution in [3.63, 3.8) is 0 Å². The van der Waals surface area contributed by atoms with Gasteiger partial charge in [-0.25, -0.2) is 4.79 Å². The molecule has 6 heteroatoms. The molecule has 6 nitrogen and oxygen atoms in total. The highest BCUT2D eigenvalue weighted by molar-refractivity contribution is 5.80. The van der Waals surface area contributed by atoms with Crippen LogP contribution in [0.15, 0.2) is 0 Å². The van der Waals surface area contributed by atoms with Crippen LogP contribution < -0.4 is 10.6 Å². The van der Waals surface area contributed by atoms with Crippen LogP contribution in [0.5, 0.6) is 0 Å². The molecule has 1 unspecified atom stereocenters. The molecule has 0 aromatic rings. The molecule has 0 aliphatic carbocycles. The molecule has 0 saturated carbocycles. The molecule has 2 saturated heterocycles. The predicted molar refractivity (Wildman–Crippen MR) is 50.4 cm³/mol. The van der Waals surface area contributed by atoms with Crippen LogP contribution >= 0.6 is 0 Å². The Morgan fingerprint density at radius 3 is 2.93 bits per heavy atom. The summed E-state index contributed by atoms with van der Waals surface area (Å²) in [7, 11) is 0. The lowest BCUT2D eigenvalue weighted by Crippen LogP contribution is -2.40. The van der Waals surface area contributed by atoms with Crippen LogP contribution in [0, 0.1) is 5.92 Å². The van der Waals surface area contributed by atoms with Gasteiger partial charge in [0.25, 0.3) is 0 Å². The summed E-state index contributed by atoms with van der Waals surface area (Å²) < 4.78 is 5.06. The van der Waals surface area contributed by atoms with Crippen molar-refractivity contribution in [2.75, 3.05) is 13.2 Å². The standard InChI is InChI=1S/C9H14N2O4/c12-8-5(1-2-10-8)3-6(7-4-15-7)11-9(13)14/h5-7,11H,1-4H2,(H,10,12)(H,13,14)/t5-,6-,7?/m0/s1. The van der Waals surface area contributed by atoms with Crippen molar-refractivity contribution >= 4 is 12.0 Å². The number of nitrogens with one attached hydrogen (secondary N) is 2. The number of amides is 2. The molecular weight excluding hydrogens is 200 g/mol. The molecule has 2 fully saturated rings. The van der Waals surface area contributed by atoms with Gasteiger partial charge in [0.05, 0.1) is 12.6 Å². The largest absolute Gasteiger partial charge is 0.465 e. The predicted octanol–water partition coefficient (Wildman–Crippen LogP) is -0.452. The minimum Gasteiger partial charge on any atom is -0.465 e. The van der Waals surface area contributed by atoms with Crippen LogP contribution in [0.1, 0.15) is 12.8 Å². The van der Waals surface area contributed by atoms with Crippen molar-refractivity contribution in [1.82, 2.24) is 10.6 Å². The van der Waals surface area contributed by atoms with Crippen molar-refractivity contribution < 1.29 is 19.4 Å². The minimum atomic E-state index is -1.06. The Kier molecular flexibility index (Phi) is 2.77. The third-order valence-electron chi connectivity index (χ3n) is 2.82. The van der Waals surface area contributed by atoms with Gasteiger partial charge in [-0.15, -0.1) is 0 Å². The third kappa shape index (κ3) is 2.59. The van der Waals surface area contributed by atoms with E-state index >= 15 is 0 Å². The molecule has 0 radical (unpaired) electrons. The summed E-state index contributed by atoms with van der Waals surface area (Å²) >= 11 is 0. The summed E-state index contributed by atoms with van der Waals surface area (Å²) in [6.07, 6.45) is 0.204. The van der Waals surface area contributed by atoms with E-state index in [0.717, 1.165) is 6.42 Å². The highest BCUT2D eigenvalue weighted by Crippen LogP contribution is 2.23. The minimum absolute atomic E-state index is 0.0211. The smallest absolute Gasteiger partial charge is 0.404 e. The van der Waals surface area contributed by atoms with E-state index in [1.54, 1.807) is 0 Å². The number of carboxylic acid groups (broad SMARTS) is 1. The van der Waals surface area contributed by atoms with Crippen LogP contribution in [0.4, 0.5) is 4.79 Å². The third-order valence-corrected chi connectivity index (χ3v) is 2.82. The SMILES string of the molecule is O=C(O)N[C@@H](C[C@@H]1CCNC1=O)C1CO1. The molecular formula is C9H14N2O4. The first-order chi connectivity index (χ1) is 7.16. The normalized spacial score (nSPS) is 30.8. The maximum absolute atomic E-state index is 11.3. The van der Waals surface area contributed by atoms with E-state index < -0.39 is 6.09 Å². The Morgan fingerprint density at radius 1 is 1.73 bits per heavy atom. The van der Waals surface area contributed by atoms with E-state index in [9.17, 15) is 9.59 Å². The van der Waals surface area contributed by atoms with Crippen molar-refractivity contribution in [1.29, 1.82) is 0 Å². The topological polar surface area (TPSA) is 91.0 Å². The highest BCUT2D eigenvalue weighted by Gasteiger charge is 2.37. The Balaban J connectivity index is 1.88. The summed E-state index contributed by atoms with van der Waals surface area (Å²) in [5, 5.41) is 13.8. The summed E-state index contributed by atoms with van der Waals surface area (Å²) in [5.74, 6) is -0.0566.